The molecule has 1 nitrogen and oxygen atoms in total. The maximum Gasteiger partial charge on any atom is 0.124 e. The molecule has 54 valence electrons. The lowest BCUT2D eigenvalue weighted by atomic mass is 10.1. The number of rotatable bonds is 2. The van der Waals surface area contributed by atoms with Crippen LogP contribution in [0.15, 0.2) is 0 Å². The summed E-state index contributed by atoms with van der Waals surface area (Å²) in [6.45, 7) is 2.17. The Labute approximate surface area is 65.0 Å². The van der Waals surface area contributed by atoms with Crippen LogP contribution in [-0.2, 0) is 0 Å². The SMILES string of the molecule is CC1(CCO)CC1(Cl)Cl. The standard InChI is InChI=1S/C6H10Cl2O/c1-5(2-3-9)4-6(5,7)8/h9H,2-4H2,1H3. The minimum Gasteiger partial charge on any atom is -0.396 e. The highest BCUT2D eigenvalue weighted by Gasteiger charge is 2.61. The van der Waals surface area contributed by atoms with Crippen molar-refractivity contribution in [1.82, 2.24) is 0 Å². The van der Waals surface area contributed by atoms with Crippen molar-refractivity contribution in [2.75, 3.05) is 6.61 Å². The molecule has 1 unspecified atom stereocenters. The van der Waals surface area contributed by atoms with Crippen LogP contribution >= 0.6 is 23.2 Å². The van der Waals surface area contributed by atoms with Crippen molar-refractivity contribution in [1.29, 1.82) is 0 Å². The van der Waals surface area contributed by atoms with Crippen molar-refractivity contribution >= 4 is 23.2 Å². The van der Waals surface area contributed by atoms with Crippen molar-refractivity contribution in [3.63, 3.8) is 0 Å². The summed E-state index contributed by atoms with van der Waals surface area (Å²) in [7, 11) is 0. The largest absolute Gasteiger partial charge is 0.396 e. The maximum atomic E-state index is 8.56. The highest BCUT2D eigenvalue weighted by molar-refractivity contribution is 6.51. The third-order valence-corrected chi connectivity index (χ3v) is 3.21. The third kappa shape index (κ3) is 1.19. The number of aliphatic hydroxyl groups excluding tert-OH is 1. The summed E-state index contributed by atoms with van der Waals surface area (Å²) in [5.41, 5.74) is -0.0230. The fourth-order valence-corrected chi connectivity index (χ4v) is 1.74. The van der Waals surface area contributed by atoms with Crippen molar-refractivity contribution in [2.24, 2.45) is 5.41 Å². The van der Waals surface area contributed by atoms with Crippen LogP contribution in [0.1, 0.15) is 19.8 Å². The molecule has 3 heteroatoms. The van der Waals surface area contributed by atoms with E-state index in [0.717, 1.165) is 6.42 Å². The summed E-state index contributed by atoms with van der Waals surface area (Å²) in [5, 5.41) is 8.56. The van der Waals surface area contributed by atoms with E-state index >= 15 is 0 Å². The van der Waals surface area contributed by atoms with Crippen LogP contribution in [0.4, 0.5) is 0 Å². The Morgan fingerprint density at radius 3 is 2.11 bits per heavy atom. The molecular formula is C6H10Cl2O. The lowest BCUT2D eigenvalue weighted by Gasteiger charge is -2.07. The summed E-state index contributed by atoms with van der Waals surface area (Å²) >= 11 is 11.6. The molecule has 0 aromatic carbocycles. The van der Waals surface area contributed by atoms with Gasteiger partial charge in [-0.15, -0.1) is 23.2 Å². The van der Waals surface area contributed by atoms with E-state index in [0.29, 0.717) is 6.42 Å². The molecule has 0 aromatic heterocycles. The van der Waals surface area contributed by atoms with E-state index < -0.39 is 4.33 Å². The van der Waals surface area contributed by atoms with Gasteiger partial charge in [0.05, 0.1) is 0 Å². The van der Waals surface area contributed by atoms with E-state index in [1.165, 1.54) is 0 Å². The van der Waals surface area contributed by atoms with E-state index in [1.807, 2.05) is 6.92 Å². The molecule has 1 N–H and O–H groups in total. The van der Waals surface area contributed by atoms with E-state index in [9.17, 15) is 0 Å². The molecule has 0 aromatic rings. The van der Waals surface area contributed by atoms with Gasteiger partial charge in [-0.05, 0) is 12.8 Å². The quantitative estimate of drug-likeness (QED) is 0.626. The molecule has 1 aliphatic rings. The molecule has 1 fully saturated rings. The molecular weight excluding hydrogens is 159 g/mol. The molecule has 9 heavy (non-hydrogen) atoms. The molecule has 0 heterocycles. The van der Waals surface area contributed by atoms with Gasteiger partial charge in [0.15, 0.2) is 0 Å². The summed E-state index contributed by atoms with van der Waals surface area (Å²) in [4.78, 5) is 0. The van der Waals surface area contributed by atoms with Crippen LogP contribution in [0.3, 0.4) is 0 Å². The van der Waals surface area contributed by atoms with Crippen LogP contribution in [0, 0.1) is 5.41 Å². The van der Waals surface area contributed by atoms with Gasteiger partial charge in [0, 0.05) is 12.0 Å². The Hall–Kier alpha value is 0.540. The van der Waals surface area contributed by atoms with Crippen LogP contribution in [0.25, 0.3) is 0 Å². The number of hydrogen-bond donors (Lipinski definition) is 1. The lowest BCUT2D eigenvalue weighted by Crippen LogP contribution is -2.06. The number of aliphatic hydroxyl groups is 1. The van der Waals surface area contributed by atoms with Crippen LogP contribution in [-0.4, -0.2) is 16.0 Å². The van der Waals surface area contributed by atoms with Gasteiger partial charge in [-0.25, -0.2) is 0 Å². The van der Waals surface area contributed by atoms with Crippen LogP contribution in [0.2, 0.25) is 0 Å². The van der Waals surface area contributed by atoms with Crippen LogP contribution in [0.5, 0.6) is 0 Å². The van der Waals surface area contributed by atoms with E-state index in [4.69, 9.17) is 28.3 Å². The molecule has 1 rings (SSSR count). The van der Waals surface area contributed by atoms with Gasteiger partial charge in [-0.3, -0.25) is 0 Å². The molecule has 0 amide bonds. The summed E-state index contributed by atoms with van der Waals surface area (Å²) < 4.78 is -0.560. The van der Waals surface area contributed by atoms with Gasteiger partial charge >= 0.3 is 0 Å². The second kappa shape index (κ2) is 2.01. The van der Waals surface area contributed by atoms with E-state index in [-0.39, 0.29) is 12.0 Å². The Morgan fingerprint density at radius 2 is 2.00 bits per heavy atom. The van der Waals surface area contributed by atoms with E-state index in [2.05, 4.69) is 0 Å². The predicted octanol–water partition coefficient (Wildman–Crippen LogP) is 1.95. The predicted molar refractivity (Wildman–Crippen MR) is 38.9 cm³/mol. The maximum absolute atomic E-state index is 8.56. The highest BCUT2D eigenvalue weighted by atomic mass is 35.5. The Kier molecular flexibility index (Phi) is 1.71. The summed E-state index contributed by atoms with van der Waals surface area (Å²) in [5.74, 6) is 0. The zero-order chi connectivity index (χ0) is 7.12. The Bertz CT molecular complexity index is 124. The second-order valence-corrected chi connectivity index (χ2v) is 4.40. The molecule has 0 aliphatic heterocycles. The number of halogens is 2. The minimum absolute atomic E-state index is 0.0230. The molecule has 0 bridgehead atoms. The third-order valence-electron chi connectivity index (χ3n) is 2.03. The highest BCUT2D eigenvalue weighted by Crippen LogP contribution is 2.65. The number of alkyl halides is 2. The van der Waals surface area contributed by atoms with Gasteiger partial charge < -0.3 is 5.11 Å². The Morgan fingerprint density at radius 1 is 1.56 bits per heavy atom. The topological polar surface area (TPSA) is 20.2 Å². The molecule has 0 radical (unpaired) electrons. The normalized spacial score (nSPS) is 38.7. The molecule has 0 saturated heterocycles. The number of hydrogen-bond acceptors (Lipinski definition) is 1. The first-order valence-electron chi connectivity index (χ1n) is 3.00. The minimum atomic E-state index is -0.560. The van der Waals surface area contributed by atoms with Gasteiger partial charge in [-0.2, -0.15) is 0 Å². The van der Waals surface area contributed by atoms with Crippen molar-refractivity contribution in [3.05, 3.63) is 0 Å². The van der Waals surface area contributed by atoms with Crippen molar-refractivity contribution in [3.8, 4) is 0 Å². The van der Waals surface area contributed by atoms with Crippen LogP contribution < -0.4 is 0 Å². The molecule has 1 atom stereocenters. The van der Waals surface area contributed by atoms with Crippen molar-refractivity contribution < 1.29 is 5.11 Å². The van der Waals surface area contributed by atoms with Gasteiger partial charge in [0.2, 0.25) is 0 Å². The molecule has 1 aliphatic carbocycles. The van der Waals surface area contributed by atoms with Gasteiger partial charge in [0.25, 0.3) is 0 Å². The fourth-order valence-electron chi connectivity index (χ4n) is 0.964. The molecule has 0 spiro atoms. The smallest absolute Gasteiger partial charge is 0.124 e. The first-order chi connectivity index (χ1) is 4.02. The lowest BCUT2D eigenvalue weighted by molar-refractivity contribution is 0.255. The first-order valence-corrected chi connectivity index (χ1v) is 3.76. The zero-order valence-electron chi connectivity index (χ0n) is 5.32. The Balaban J connectivity index is 2.42. The fraction of sp³-hybridized carbons (Fsp3) is 1.00. The second-order valence-electron chi connectivity index (χ2n) is 2.92. The summed E-state index contributed by atoms with van der Waals surface area (Å²) in [6.07, 6.45) is 1.52. The summed E-state index contributed by atoms with van der Waals surface area (Å²) in [6, 6.07) is 0. The first kappa shape index (κ1) is 7.64. The average molecular weight is 169 g/mol. The van der Waals surface area contributed by atoms with Gasteiger partial charge in [-0.1, -0.05) is 6.92 Å². The average Bonchev–Trinajstić information content (AvgIpc) is 2.07. The van der Waals surface area contributed by atoms with E-state index in [1.54, 1.807) is 0 Å². The van der Waals surface area contributed by atoms with Crippen molar-refractivity contribution in [2.45, 2.75) is 24.1 Å². The monoisotopic (exact) mass is 168 g/mol. The zero-order valence-corrected chi connectivity index (χ0v) is 6.84. The van der Waals surface area contributed by atoms with Gasteiger partial charge in [0.1, 0.15) is 4.33 Å². The molecule has 1 saturated carbocycles.